The molecule has 0 bridgehead atoms. The average Bonchev–Trinajstić information content (AvgIpc) is 1.65. The van der Waals surface area contributed by atoms with Crippen LogP contribution in [0.4, 0.5) is 0 Å². The van der Waals surface area contributed by atoms with Crippen LogP contribution in [0.2, 0.25) is 0 Å². The second kappa shape index (κ2) is 2.41. The first kappa shape index (κ1) is 5.17. The van der Waals surface area contributed by atoms with Gasteiger partial charge in [0.25, 0.3) is 0 Å². The van der Waals surface area contributed by atoms with Crippen molar-refractivity contribution in [2.45, 2.75) is 6.92 Å². The Hall–Kier alpha value is -0.830. The molecule has 0 radical (unpaired) electrons. The standard InChI is InChI=1S/C6H7/c1-4-6(3)5-2/h1,5H,3H2,2H3/q-1. The highest BCUT2D eigenvalue weighted by atomic mass is 13.8. The predicted molar refractivity (Wildman–Crippen MR) is 27.9 cm³/mol. The zero-order valence-electron chi connectivity index (χ0n) is 3.86. The molecular formula is C6H7-. The van der Waals surface area contributed by atoms with E-state index < -0.39 is 0 Å². The first-order valence-electron chi connectivity index (χ1n) is 1.76. The van der Waals surface area contributed by atoms with E-state index in [2.05, 4.69) is 12.5 Å². The van der Waals surface area contributed by atoms with Crippen LogP contribution < -0.4 is 0 Å². The number of rotatable bonds is 1. The van der Waals surface area contributed by atoms with E-state index in [1.165, 1.54) is 0 Å². The third-order valence-electron chi connectivity index (χ3n) is 0.534. The maximum absolute atomic E-state index is 4.90. The minimum Gasteiger partial charge on any atom is -0.237 e. The molecule has 0 rings (SSSR count). The smallest absolute Gasteiger partial charge is 0.0914 e. The third kappa shape index (κ3) is 1.49. The second-order valence-electron chi connectivity index (χ2n) is 0.958. The van der Waals surface area contributed by atoms with Crippen molar-refractivity contribution >= 4 is 0 Å². The lowest BCUT2D eigenvalue weighted by Crippen LogP contribution is -1.65. The lowest BCUT2D eigenvalue weighted by Gasteiger charge is -1.94. The van der Waals surface area contributed by atoms with E-state index in [1.54, 1.807) is 6.42 Å². The Bertz CT molecular complexity index is 82.7. The highest BCUT2D eigenvalue weighted by Gasteiger charge is 1.59. The van der Waals surface area contributed by atoms with Crippen LogP contribution in [0.25, 0.3) is 0 Å². The van der Waals surface area contributed by atoms with Crippen LogP contribution in [-0.2, 0) is 0 Å². The van der Waals surface area contributed by atoms with Gasteiger partial charge in [0.15, 0.2) is 0 Å². The highest BCUT2D eigenvalue weighted by molar-refractivity contribution is 5.27. The molecule has 0 atom stereocenters. The van der Waals surface area contributed by atoms with E-state index in [0.717, 1.165) is 5.57 Å². The monoisotopic (exact) mass is 79.1 g/mol. The lowest BCUT2D eigenvalue weighted by molar-refractivity contribution is 1.50. The van der Waals surface area contributed by atoms with Gasteiger partial charge in [0.05, 0.1) is 0 Å². The molecule has 0 unspecified atom stereocenters. The van der Waals surface area contributed by atoms with Gasteiger partial charge in [-0.05, 0) is 0 Å². The molecule has 0 nitrogen and oxygen atoms in total. The van der Waals surface area contributed by atoms with E-state index in [9.17, 15) is 0 Å². The summed E-state index contributed by atoms with van der Waals surface area (Å²) in [6.07, 6.45) is 6.69. The zero-order chi connectivity index (χ0) is 4.99. The fourth-order valence-electron chi connectivity index (χ4n) is 0.0833. The van der Waals surface area contributed by atoms with Crippen LogP contribution in [0.5, 0.6) is 0 Å². The van der Waals surface area contributed by atoms with Crippen LogP contribution in [-0.4, -0.2) is 0 Å². The van der Waals surface area contributed by atoms with Crippen molar-refractivity contribution in [3.8, 4) is 12.3 Å². The predicted octanol–water partition coefficient (Wildman–Crippen LogP) is 1.40. The van der Waals surface area contributed by atoms with Gasteiger partial charge in [-0.2, -0.15) is 25.0 Å². The summed E-state index contributed by atoms with van der Waals surface area (Å²) in [5, 5.41) is 0. The number of terminal acetylenes is 1. The summed E-state index contributed by atoms with van der Waals surface area (Å²) in [5.41, 5.74) is 0.745. The Kier molecular flexibility index (Phi) is 2.08. The first-order valence-corrected chi connectivity index (χ1v) is 1.76. The highest BCUT2D eigenvalue weighted by Crippen LogP contribution is 1.87. The van der Waals surface area contributed by atoms with Crippen LogP contribution in [0.1, 0.15) is 6.92 Å². The van der Waals surface area contributed by atoms with Crippen LogP contribution in [0, 0.1) is 18.8 Å². The molecule has 0 N–H and O–H groups in total. The molecule has 0 aliphatic carbocycles. The molecule has 0 amide bonds. The summed E-state index contributed by atoms with van der Waals surface area (Å²) in [7, 11) is 0. The van der Waals surface area contributed by atoms with Crippen molar-refractivity contribution in [2.75, 3.05) is 0 Å². The van der Waals surface area contributed by atoms with Crippen molar-refractivity contribution in [3.63, 3.8) is 0 Å². The molecule has 0 saturated carbocycles. The lowest BCUT2D eigenvalue weighted by atomic mass is 10.3. The summed E-state index contributed by atoms with van der Waals surface area (Å²) in [4.78, 5) is 0. The van der Waals surface area contributed by atoms with Gasteiger partial charge < -0.3 is 0 Å². The Morgan fingerprint density at radius 1 is 2.00 bits per heavy atom. The van der Waals surface area contributed by atoms with Crippen molar-refractivity contribution < 1.29 is 0 Å². The Labute approximate surface area is 38.9 Å². The number of allylic oxidation sites excluding steroid dienone is 1. The van der Waals surface area contributed by atoms with Gasteiger partial charge in [-0.3, -0.25) is 0 Å². The van der Waals surface area contributed by atoms with Crippen molar-refractivity contribution in [1.29, 1.82) is 0 Å². The molecule has 0 aromatic heterocycles. The summed E-state index contributed by atoms with van der Waals surface area (Å²) < 4.78 is 0. The van der Waals surface area contributed by atoms with Gasteiger partial charge >= 0.3 is 0 Å². The van der Waals surface area contributed by atoms with Crippen molar-refractivity contribution in [3.05, 3.63) is 18.6 Å². The molecule has 6 heavy (non-hydrogen) atoms. The van der Waals surface area contributed by atoms with Gasteiger partial charge in [-0.15, -0.1) is 0 Å². The van der Waals surface area contributed by atoms with Gasteiger partial charge in [-0.25, -0.2) is 5.92 Å². The topological polar surface area (TPSA) is 0 Å². The van der Waals surface area contributed by atoms with Gasteiger partial charge in [0.1, 0.15) is 0 Å². The van der Waals surface area contributed by atoms with E-state index in [-0.39, 0.29) is 0 Å². The zero-order valence-corrected chi connectivity index (χ0v) is 3.86. The van der Waals surface area contributed by atoms with Gasteiger partial charge in [-0.1, -0.05) is 6.92 Å². The summed E-state index contributed by atoms with van der Waals surface area (Å²) in [5.74, 6) is 2.36. The number of hydrogen-bond acceptors (Lipinski definition) is 0. The average molecular weight is 79.1 g/mol. The molecule has 0 spiro atoms. The summed E-state index contributed by atoms with van der Waals surface area (Å²) in [6.45, 7) is 5.36. The molecule has 0 aliphatic heterocycles. The summed E-state index contributed by atoms with van der Waals surface area (Å²) >= 11 is 0. The molecular weight excluding hydrogens is 72.1 g/mol. The fraction of sp³-hybridized carbons (Fsp3) is 0.167. The van der Waals surface area contributed by atoms with E-state index in [1.807, 2.05) is 6.92 Å². The normalized spacial score (nSPS) is 6.00. The van der Waals surface area contributed by atoms with Gasteiger partial charge in [0.2, 0.25) is 0 Å². The molecule has 32 valence electrons. The number of hydrogen-bond donors (Lipinski definition) is 0. The first-order chi connectivity index (χ1) is 2.81. The Morgan fingerprint density at radius 3 is 2.50 bits per heavy atom. The Morgan fingerprint density at radius 2 is 2.50 bits per heavy atom. The molecule has 0 aromatic carbocycles. The SMILES string of the molecule is C#CC(=C)[CH-]C. The second-order valence-corrected chi connectivity index (χ2v) is 0.958. The van der Waals surface area contributed by atoms with Crippen LogP contribution in [0.3, 0.4) is 0 Å². The maximum Gasteiger partial charge on any atom is -0.0914 e. The molecule has 0 heteroatoms. The maximum atomic E-state index is 4.90. The fourth-order valence-corrected chi connectivity index (χ4v) is 0.0833. The van der Waals surface area contributed by atoms with Crippen molar-refractivity contribution in [1.82, 2.24) is 0 Å². The minimum atomic E-state index is 0.745. The van der Waals surface area contributed by atoms with Crippen LogP contribution >= 0.6 is 0 Å². The Balaban J connectivity index is 3.33. The molecule has 0 fully saturated rings. The van der Waals surface area contributed by atoms with Crippen LogP contribution in [0.15, 0.2) is 12.2 Å². The van der Waals surface area contributed by atoms with E-state index in [0.29, 0.717) is 0 Å². The molecule has 0 aliphatic rings. The molecule has 0 aromatic rings. The minimum absolute atomic E-state index is 0.745. The summed E-state index contributed by atoms with van der Waals surface area (Å²) in [6, 6.07) is 0. The molecule has 0 heterocycles. The van der Waals surface area contributed by atoms with Crippen molar-refractivity contribution in [2.24, 2.45) is 0 Å². The van der Waals surface area contributed by atoms with E-state index >= 15 is 0 Å². The third-order valence-corrected chi connectivity index (χ3v) is 0.534. The largest absolute Gasteiger partial charge is 0.237 e. The quantitative estimate of drug-likeness (QED) is 0.329. The van der Waals surface area contributed by atoms with E-state index in [4.69, 9.17) is 6.42 Å². The molecule has 0 saturated heterocycles. The van der Waals surface area contributed by atoms with Gasteiger partial charge in [0, 0.05) is 0 Å².